The third-order valence-corrected chi connectivity index (χ3v) is 6.04. The number of aromatic nitrogens is 5. The second kappa shape index (κ2) is 6.52. The molecule has 5 heterocycles. The summed E-state index contributed by atoms with van der Waals surface area (Å²) in [6.45, 7) is 2.26. The second-order valence-corrected chi connectivity index (χ2v) is 8.08. The van der Waals surface area contributed by atoms with Gasteiger partial charge in [0, 0.05) is 12.0 Å². The SMILES string of the molecule is C[C@]12CCOc3nc(-c4nn(Cc5ccccc5F)c5ncc(F)cc45)nc(c31)NC2=O. The minimum Gasteiger partial charge on any atom is -0.477 e. The smallest absolute Gasteiger partial charge is 0.236 e. The molecule has 1 N–H and O–H groups in total. The minimum absolute atomic E-state index is 0.0882. The summed E-state index contributed by atoms with van der Waals surface area (Å²) >= 11 is 0. The number of nitrogens with zero attached hydrogens (tertiary/aromatic N) is 5. The van der Waals surface area contributed by atoms with Crippen molar-refractivity contribution in [1.29, 1.82) is 0 Å². The van der Waals surface area contributed by atoms with Crippen molar-refractivity contribution in [1.82, 2.24) is 24.7 Å². The maximum Gasteiger partial charge on any atom is 0.236 e. The number of anilines is 1. The highest BCUT2D eigenvalue weighted by Crippen LogP contribution is 2.47. The first-order valence-electron chi connectivity index (χ1n) is 10.1. The van der Waals surface area contributed by atoms with Crippen LogP contribution in [0.1, 0.15) is 24.5 Å². The molecule has 0 saturated heterocycles. The van der Waals surface area contributed by atoms with Crippen molar-refractivity contribution in [2.75, 3.05) is 11.9 Å². The maximum atomic E-state index is 14.2. The van der Waals surface area contributed by atoms with E-state index in [1.807, 2.05) is 6.92 Å². The summed E-state index contributed by atoms with van der Waals surface area (Å²) in [7, 11) is 0. The molecular weight excluding hydrogens is 418 g/mol. The first-order valence-corrected chi connectivity index (χ1v) is 10.1. The summed E-state index contributed by atoms with van der Waals surface area (Å²) in [5, 5.41) is 7.71. The van der Waals surface area contributed by atoms with E-state index in [-0.39, 0.29) is 29.8 Å². The van der Waals surface area contributed by atoms with Gasteiger partial charge in [0.2, 0.25) is 11.8 Å². The fraction of sp³-hybridized carbons (Fsp3) is 0.227. The predicted octanol–water partition coefficient (Wildman–Crippen LogP) is 3.21. The summed E-state index contributed by atoms with van der Waals surface area (Å²) in [5.74, 6) is -0.269. The lowest BCUT2D eigenvalue weighted by Gasteiger charge is -2.27. The molecule has 3 aromatic heterocycles. The third-order valence-electron chi connectivity index (χ3n) is 6.04. The minimum atomic E-state index is -0.749. The summed E-state index contributed by atoms with van der Waals surface area (Å²) in [5.41, 5.74) is 0.904. The lowest BCUT2D eigenvalue weighted by molar-refractivity contribution is -0.121. The van der Waals surface area contributed by atoms with E-state index in [9.17, 15) is 13.6 Å². The molecule has 4 aromatic rings. The molecule has 0 radical (unpaired) electrons. The van der Waals surface area contributed by atoms with Crippen molar-refractivity contribution in [2.24, 2.45) is 0 Å². The van der Waals surface area contributed by atoms with Crippen molar-refractivity contribution >= 4 is 22.8 Å². The number of pyridine rings is 1. The Labute approximate surface area is 180 Å². The van der Waals surface area contributed by atoms with Gasteiger partial charge in [-0.3, -0.25) is 4.79 Å². The first kappa shape index (κ1) is 18.8. The Kier molecular flexibility index (Phi) is 3.83. The summed E-state index contributed by atoms with van der Waals surface area (Å²) in [6, 6.07) is 7.62. The quantitative estimate of drug-likeness (QED) is 0.532. The van der Waals surface area contributed by atoms with Gasteiger partial charge >= 0.3 is 0 Å². The zero-order valence-electron chi connectivity index (χ0n) is 16.9. The lowest BCUT2D eigenvalue weighted by Crippen LogP contribution is -2.35. The van der Waals surface area contributed by atoms with Gasteiger partial charge in [-0.05, 0) is 19.1 Å². The number of halogens is 2. The second-order valence-electron chi connectivity index (χ2n) is 8.08. The van der Waals surface area contributed by atoms with Crippen LogP contribution in [-0.2, 0) is 16.8 Å². The summed E-state index contributed by atoms with van der Waals surface area (Å²) in [6.07, 6.45) is 1.60. The van der Waals surface area contributed by atoms with E-state index in [0.717, 1.165) is 6.20 Å². The Morgan fingerprint density at radius 1 is 1.25 bits per heavy atom. The fourth-order valence-corrected chi connectivity index (χ4v) is 4.29. The van der Waals surface area contributed by atoms with Gasteiger partial charge < -0.3 is 10.1 Å². The lowest BCUT2D eigenvalue weighted by atomic mass is 9.81. The molecule has 0 saturated carbocycles. The molecule has 8 nitrogen and oxygen atoms in total. The highest BCUT2D eigenvalue weighted by Gasteiger charge is 2.49. The molecule has 160 valence electrons. The zero-order valence-corrected chi connectivity index (χ0v) is 16.9. The van der Waals surface area contributed by atoms with Crippen LogP contribution in [0.3, 0.4) is 0 Å². The van der Waals surface area contributed by atoms with Gasteiger partial charge in [-0.1, -0.05) is 18.2 Å². The largest absolute Gasteiger partial charge is 0.477 e. The molecule has 2 aliphatic rings. The molecule has 6 rings (SSSR count). The average molecular weight is 434 g/mol. The third kappa shape index (κ3) is 2.62. The molecule has 0 spiro atoms. The van der Waals surface area contributed by atoms with Crippen molar-refractivity contribution in [3.05, 3.63) is 59.3 Å². The highest BCUT2D eigenvalue weighted by atomic mass is 19.1. The van der Waals surface area contributed by atoms with Gasteiger partial charge in [0.05, 0.1) is 35.7 Å². The molecular formula is C22H16F2N6O2. The van der Waals surface area contributed by atoms with Crippen LogP contribution in [0, 0.1) is 11.6 Å². The maximum absolute atomic E-state index is 14.2. The van der Waals surface area contributed by atoms with Crippen LogP contribution >= 0.6 is 0 Å². The molecule has 1 atom stereocenters. The number of hydrogen-bond donors (Lipinski definition) is 1. The summed E-state index contributed by atoms with van der Waals surface area (Å²) in [4.78, 5) is 25.7. The predicted molar refractivity (Wildman–Crippen MR) is 110 cm³/mol. The van der Waals surface area contributed by atoms with E-state index in [4.69, 9.17) is 4.74 Å². The van der Waals surface area contributed by atoms with Crippen LogP contribution in [0.5, 0.6) is 5.88 Å². The number of fused-ring (bicyclic) bond motifs is 1. The topological polar surface area (TPSA) is 94.8 Å². The Hall–Kier alpha value is -3.95. The van der Waals surface area contributed by atoms with Crippen LogP contribution in [0.25, 0.3) is 22.6 Å². The molecule has 32 heavy (non-hydrogen) atoms. The van der Waals surface area contributed by atoms with Crippen molar-refractivity contribution in [3.63, 3.8) is 0 Å². The van der Waals surface area contributed by atoms with E-state index in [0.29, 0.717) is 46.9 Å². The fourth-order valence-electron chi connectivity index (χ4n) is 4.29. The van der Waals surface area contributed by atoms with Gasteiger partial charge in [0.1, 0.15) is 23.1 Å². The average Bonchev–Trinajstić information content (AvgIpc) is 3.25. The molecule has 0 bridgehead atoms. The normalized spacial score (nSPS) is 19.0. The van der Waals surface area contributed by atoms with E-state index < -0.39 is 11.2 Å². The van der Waals surface area contributed by atoms with Crippen molar-refractivity contribution in [2.45, 2.75) is 25.3 Å². The van der Waals surface area contributed by atoms with Gasteiger partial charge in [0.25, 0.3) is 0 Å². The number of carbonyl (C=O) groups is 1. The number of ether oxygens (including phenoxy) is 1. The van der Waals surface area contributed by atoms with Crippen molar-refractivity contribution < 1.29 is 18.3 Å². The molecule has 0 fully saturated rings. The van der Waals surface area contributed by atoms with Gasteiger partial charge in [-0.15, -0.1) is 0 Å². The van der Waals surface area contributed by atoms with Crippen LogP contribution in [-0.4, -0.2) is 37.2 Å². The number of hydrogen-bond acceptors (Lipinski definition) is 6. The standard InChI is InChI=1S/C22H16F2N6O2/c1-22-6-7-32-20-15(22)17(28-21(22)31)26-18(27-20)16-13-8-12(23)9-25-19(13)30(29-16)10-11-4-2-3-5-14(11)24/h2-5,8-9H,6-7,10H2,1H3,(H,26,27,28,31)/t22-/m0/s1. The Bertz CT molecular complexity index is 1440. The Morgan fingerprint density at radius 2 is 2.09 bits per heavy atom. The highest BCUT2D eigenvalue weighted by molar-refractivity contribution is 6.06. The van der Waals surface area contributed by atoms with Gasteiger partial charge in [-0.2, -0.15) is 10.1 Å². The van der Waals surface area contributed by atoms with E-state index in [1.165, 1.54) is 16.8 Å². The Balaban J connectivity index is 1.54. The number of carbonyl (C=O) groups excluding carboxylic acids is 1. The van der Waals surface area contributed by atoms with Crippen LogP contribution in [0.2, 0.25) is 0 Å². The molecule has 0 aliphatic carbocycles. The monoisotopic (exact) mass is 434 g/mol. The molecule has 1 aromatic carbocycles. The number of nitrogens with one attached hydrogen (secondary N) is 1. The summed E-state index contributed by atoms with van der Waals surface area (Å²) < 4.78 is 35.5. The molecule has 10 heteroatoms. The molecule has 0 unspecified atom stereocenters. The van der Waals surface area contributed by atoms with Gasteiger partial charge in [0.15, 0.2) is 11.5 Å². The number of amides is 1. The van der Waals surface area contributed by atoms with E-state index in [2.05, 4.69) is 25.4 Å². The molecule has 2 aliphatic heterocycles. The van der Waals surface area contributed by atoms with Crippen LogP contribution in [0.4, 0.5) is 14.6 Å². The van der Waals surface area contributed by atoms with E-state index in [1.54, 1.807) is 18.2 Å². The number of rotatable bonds is 3. The first-order chi connectivity index (χ1) is 15.4. The number of benzene rings is 1. The Morgan fingerprint density at radius 3 is 2.94 bits per heavy atom. The van der Waals surface area contributed by atoms with Gasteiger partial charge in [-0.25, -0.2) is 23.4 Å². The van der Waals surface area contributed by atoms with Crippen LogP contribution < -0.4 is 10.1 Å². The van der Waals surface area contributed by atoms with E-state index >= 15 is 0 Å². The van der Waals surface area contributed by atoms with Crippen molar-refractivity contribution in [3.8, 4) is 17.4 Å². The zero-order chi connectivity index (χ0) is 22.0. The van der Waals surface area contributed by atoms with Crippen LogP contribution in [0.15, 0.2) is 36.5 Å². The molecule has 1 amide bonds.